The Bertz CT molecular complexity index is 4240. The molecule has 0 spiro atoms. The molecule has 0 saturated heterocycles. The molecule has 0 radical (unpaired) electrons. The van der Waals surface area contributed by atoms with Crippen LogP contribution in [-0.2, 0) is 43.3 Å². The summed E-state index contributed by atoms with van der Waals surface area (Å²) in [4.78, 5) is 7.98. The van der Waals surface area contributed by atoms with Gasteiger partial charge in [-0.05, 0) is 214 Å². The van der Waals surface area contributed by atoms with E-state index in [1.165, 1.54) is 129 Å². The summed E-state index contributed by atoms with van der Waals surface area (Å²) in [7, 11) is 0. The van der Waals surface area contributed by atoms with Crippen molar-refractivity contribution < 1.29 is 0 Å². The van der Waals surface area contributed by atoms with Gasteiger partial charge in [-0.15, -0.1) is 0 Å². The van der Waals surface area contributed by atoms with Crippen molar-refractivity contribution in [2.24, 2.45) is 0 Å². The summed E-state index contributed by atoms with van der Waals surface area (Å²) in [5.74, 6) is 0. The predicted molar refractivity (Wildman–Crippen MR) is 386 cm³/mol. The number of nitrogens with zero attached hydrogens (tertiary/aromatic N) is 3. The molecule has 9 aromatic rings. The van der Waals surface area contributed by atoms with Gasteiger partial charge in [-0.3, -0.25) is 0 Å². The monoisotopic (exact) mass is 1170 g/mol. The Labute approximate surface area is 535 Å². The molecule has 0 aromatic heterocycles. The van der Waals surface area contributed by atoms with Crippen LogP contribution < -0.4 is 31.1 Å². The standard InChI is InChI=1S/C85H96BN3/c1-53-45-65-66(83(16,17)44-43-82(65,14)15)51-73(53)89-72-42-40-61(87(59-36-31-55(32-37-59)78(2,3)4)60-38-33-56(34-39-60)79(5,6)7)49-69(72)86-70-50-67-68(85(20,21)64-30-26-25-29-63(64)84(67,18)19)52-74(70)88(75-47-58(81(11,12)13)48-76(89)77(75)86)71-41-35-57(80(8,9)10)46-62(71)54-27-23-22-24-28-54/h22-42,45-52H,43-44H2,1-21H3. The van der Waals surface area contributed by atoms with E-state index in [0.717, 1.165) is 23.5 Å². The molecule has 4 aliphatic rings. The molecule has 0 atom stereocenters. The van der Waals surface area contributed by atoms with Crippen molar-refractivity contribution in [2.75, 3.05) is 14.7 Å². The highest BCUT2D eigenvalue weighted by molar-refractivity contribution is 7.00. The van der Waals surface area contributed by atoms with Crippen molar-refractivity contribution in [2.45, 2.75) is 202 Å². The van der Waals surface area contributed by atoms with Gasteiger partial charge in [-0.1, -0.05) is 236 Å². The fraction of sp³-hybridized carbons (Fsp3) is 0.365. The third-order valence-corrected chi connectivity index (χ3v) is 21.5. The van der Waals surface area contributed by atoms with Crippen LogP contribution in [0.1, 0.15) is 213 Å². The topological polar surface area (TPSA) is 9.72 Å². The van der Waals surface area contributed by atoms with E-state index in [0.29, 0.717) is 0 Å². The van der Waals surface area contributed by atoms with Gasteiger partial charge in [-0.25, -0.2) is 0 Å². The number of rotatable bonds is 6. The number of fused-ring (bicyclic) bond motifs is 7. The van der Waals surface area contributed by atoms with Gasteiger partial charge in [0.05, 0.1) is 5.69 Å². The SMILES string of the molecule is Cc1cc2c(cc1N1c3ccc(N(c4ccc(C(C)(C)C)cc4)c4ccc(C(C)(C)C)cc4)cc3B3c4cc5c(cc4N(c4ccc(C(C)(C)C)cc4-c4ccccc4)c4cc(C(C)(C)C)cc1c43)C(C)(C)c1ccccc1C5(C)C)C(C)(C)CCC2(C)C. The number of anilines is 9. The van der Waals surface area contributed by atoms with Gasteiger partial charge in [0, 0.05) is 61.9 Å². The van der Waals surface area contributed by atoms with Gasteiger partial charge < -0.3 is 14.7 Å². The van der Waals surface area contributed by atoms with Crippen molar-refractivity contribution in [3.05, 3.63) is 237 Å². The summed E-state index contributed by atoms with van der Waals surface area (Å²) in [6, 6.07) is 69.9. The molecule has 0 fully saturated rings. The average Bonchev–Trinajstić information content (AvgIpc) is 0.688. The minimum Gasteiger partial charge on any atom is -0.311 e. The van der Waals surface area contributed by atoms with Gasteiger partial charge in [-0.2, -0.15) is 0 Å². The van der Waals surface area contributed by atoms with Crippen LogP contribution in [0, 0.1) is 6.92 Å². The zero-order chi connectivity index (χ0) is 63.7. The maximum Gasteiger partial charge on any atom is 0.252 e. The van der Waals surface area contributed by atoms with E-state index >= 15 is 0 Å². The molecule has 2 heterocycles. The largest absolute Gasteiger partial charge is 0.311 e. The molecule has 0 saturated carbocycles. The highest BCUT2D eigenvalue weighted by Gasteiger charge is 2.50. The molecule has 2 aliphatic carbocycles. The third kappa shape index (κ3) is 9.83. The lowest BCUT2D eigenvalue weighted by Crippen LogP contribution is -2.62. The molecule has 0 bridgehead atoms. The van der Waals surface area contributed by atoms with Crippen molar-refractivity contribution in [3.8, 4) is 11.1 Å². The lowest BCUT2D eigenvalue weighted by molar-refractivity contribution is 0.332. The van der Waals surface area contributed by atoms with Crippen LogP contribution >= 0.6 is 0 Å². The molecular formula is C85H96BN3. The zero-order valence-corrected chi connectivity index (χ0v) is 57.6. The number of aryl methyl sites for hydroxylation is 1. The minimum atomic E-state index is -0.286. The third-order valence-electron chi connectivity index (χ3n) is 21.5. The van der Waals surface area contributed by atoms with E-state index in [4.69, 9.17) is 0 Å². The van der Waals surface area contributed by atoms with E-state index in [1.54, 1.807) is 0 Å². The summed E-state index contributed by atoms with van der Waals surface area (Å²) in [5.41, 5.74) is 31.6. The molecule has 9 aromatic carbocycles. The first-order valence-corrected chi connectivity index (χ1v) is 33.2. The lowest BCUT2D eigenvalue weighted by Gasteiger charge is -2.49. The summed E-state index contributed by atoms with van der Waals surface area (Å²) in [6.45, 7) is 50.2. The second kappa shape index (κ2) is 20.2. The Morgan fingerprint density at radius 2 is 0.775 bits per heavy atom. The van der Waals surface area contributed by atoms with Gasteiger partial charge in [0.2, 0.25) is 0 Å². The molecule has 13 rings (SSSR count). The Kier molecular flexibility index (Phi) is 13.7. The van der Waals surface area contributed by atoms with E-state index in [1.807, 2.05) is 0 Å². The average molecular weight is 1170 g/mol. The lowest BCUT2D eigenvalue weighted by atomic mass is 9.33. The van der Waals surface area contributed by atoms with Crippen molar-refractivity contribution in [1.82, 2.24) is 0 Å². The van der Waals surface area contributed by atoms with Gasteiger partial charge in [0.25, 0.3) is 6.71 Å². The van der Waals surface area contributed by atoms with E-state index < -0.39 is 0 Å². The molecule has 0 amide bonds. The Morgan fingerprint density at radius 3 is 1.29 bits per heavy atom. The first-order chi connectivity index (χ1) is 41.6. The molecule has 89 heavy (non-hydrogen) atoms. The maximum absolute atomic E-state index is 2.73. The van der Waals surface area contributed by atoms with E-state index in [2.05, 4.69) is 336 Å². The molecule has 454 valence electrons. The van der Waals surface area contributed by atoms with E-state index in [9.17, 15) is 0 Å². The van der Waals surface area contributed by atoms with Crippen LogP contribution in [0.15, 0.2) is 176 Å². The predicted octanol–water partition coefficient (Wildman–Crippen LogP) is 21.7. The normalized spacial score (nSPS) is 16.8. The zero-order valence-electron chi connectivity index (χ0n) is 57.6. The fourth-order valence-corrected chi connectivity index (χ4v) is 15.7. The minimum absolute atomic E-state index is 0.00232. The molecule has 0 N–H and O–H groups in total. The summed E-state index contributed by atoms with van der Waals surface area (Å²) >= 11 is 0. The maximum atomic E-state index is 2.73. The fourth-order valence-electron chi connectivity index (χ4n) is 15.7. The van der Waals surface area contributed by atoms with E-state index in [-0.39, 0.29) is 50.0 Å². The Morgan fingerprint density at radius 1 is 0.348 bits per heavy atom. The first-order valence-electron chi connectivity index (χ1n) is 33.2. The summed E-state index contributed by atoms with van der Waals surface area (Å²) in [5, 5.41) is 0. The van der Waals surface area contributed by atoms with Crippen LogP contribution in [-0.4, -0.2) is 6.71 Å². The molecule has 4 heteroatoms. The Balaban J connectivity index is 1.19. The van der Waals surface area contributed by atoms with Crippen LogP contribution in [0.2, 0.25) is 0 Å². The highest BCUT2D eigenvalue weighted by Crippen LogP contribution is 2.56. The Hall–Kier alpha value is -7.56. The van der Waals surface area contributed by atoms with Gasteiger partial charge in [0.1, 0.15) is 0 Å². The van der Waals surface area contributed by atoms with Crippen molar-refractivity contribution in [1.29, 1.82) is 0 Å². The quantitative estimate of drug-likeness (QED) is 0.154. The number of benzene rings is 9. The van der Waals surface area contributed by atoms with Crippen molar-refractivity contribution in [3.63, 3.8) is 0 Å². The molecule has 2 aliphatic heterocycles. The van der Waals surface area contributed by atoms with Crippen molar-refractivity contribution >= 4 is 74.3 Å². The summed E-state index contributed by atoms with van der Waals surface area (Å²) < 4.78 is 0. The second-order valence-corrected chi connectivity index (χ2v) is 33.5. The van der Waals surface area contributed by atoms with Crippen LogP contribution in [0.5, 0.6) is 0 Å². The first kappa shape index (κ1) is 60.4. The smallest absolute Gasteiger partial charge is 0.252 e. The second-order valence-electron chi connectivity index (χ2n) is 33.5. The van der Waals surface area contributed by atoms with Crippen LogP contribution in [0.3, 0.4) is 0 Å². The number of hydrogen-bond donors (Lipinski definition) is 0. The van der Waals surface area contributed by atoms with Crippen LogP contribution in [0.25, 0.3) is 11.1 Å². The summed E-state index contributed by atoms with van der Waals surface area (Å²) in [6.07, 6.45) is 2.31. The van der Waals surface area contributed by atoms with Gasteiger partial charge >= 0.3 is 0 Å². The van der Waals surface area contributed by atoms with Crippen LogP contribution in [0.4, 0.5) is 51.2 Å². The number of hydrogen-bond acceptors (Lipinski definition) is 3. The molecule has 3 nitrogen and oxygen atoms in total. The molecular weight excluding hydrogens is 1070 g/mol. The molecule has 0 unspecified atom stereocenters. The highest BCUT2D eigenvalue weighted by atomic mass is 15.2. The van der Waals surface area contributed by atoms with Gasteiger partial charge in [0.15, 0.2) is 0 Å².